The fourth-order valence-electron chi connectivity index (χ4n) is 3.57. The molecule has 0 aliphatic rings. The summed E-state index contributed by atoms with van der Waals surface area (Å²) in [5.41, 5.74) is 1.39. The number of anilines is 1. The molecule has 4 rings (SSSR count). The molecular weight excluding hydrogens is 501 g/mol. The molecule has 1 N–H and O–H groups in total. The van der Waals surface area contributed by atoms with Crippen LogP contribution in [0.25, 0.3) is 11.0 Å². The van der Waals surface area contributed by atoms with Crippen LogP contribution in [0.3, 0.4) is 0 Å². The summed E-state index contributed by atoms with van der Waals surface area (Å²) in [6.07, 6.45) is -1.64. The summed E-state index contributed by atoms with van der Waals surface area (Å²) < 4.78 is 83.4. The molecular formula is C26H18F5NO5. The zero-order valence-electron chi connectivity index (χ0n) is 19.5. The molecule has 0 saturated carbocycles. The van der Waals surface area contributed by atoms with Crippen molar-refractivity contribution in [3.05, 3.63) is 88.4 Å². The summed E-state index contributed by atoms with van der Waals surface area (Å²) in [6, 6.07) is 11.0. The highest BCUT2D eigenvalue weighted by Gasteiger charge is 2.29. The van der Waals surface area contributed by atoms with Gasteiger partial charge in [0.05, 0.1) is 7.11 Å². The molecule has 6 nitrogen and oxygen atoms in total. The Morgan fingerprint density at radius 2 is 1.57 bits per heavy atom. The summed E-state index contributed by atoms with van der Waals surface area (Å²) in [6.45, 7) is 2.72. The zero-order chi connectivity index (χ0) is 27.0. The molecule has 1 unspecified atom stereocenters. The van der Waals surface area contributed by atoms with Crippen LogP contribution in [0.15, 0.2) is 46.9 Å². The van der Waals surface area contributed by atoms with E-state index in [1.54, 1.807) is 31.2 Å². The van der Waals surface area contributed by atoms with Crippen LogP contribution in [0.4, 0.5) is 27.6 Å². The minimum atomic E-state index is -2.34. The number of hydrogen-bond donors (Lipinski definition) is 1. The number of methoxy groups -OCH3 is 1. The third kappa shape index (κ3) is 4.72. The number of benzene rings is 3. The van der Waals surface area contributed by atoms with Crippen LogP contribution in [0.1, 0.15) is 28.6 Å². The van der Waals surface area contributed by atoms with E-state index in [4.69, 9.17) is 13.9 Å². The number of nitrogens with one attached hydrogen (secondary N) is 1. The highest BCUT2D eigenvalue weighted by molar-refractivity contribution is 6.11. The zero-order valence-corrected chi connectivity index (χ0v) is 19.5. The number of ketones is 1. The average molecular weight is 519 g/mol. The van der Waals surface area contributed by atoms with Crippen molar-refractivity contribution in [3.63, 3.8) is 0 Å². The van der Waals surface area contributed by atoms with Gasteiger partial charge in [-0.25, -0.2) is 13.2 Å². The number of carbonyl (C=O) groups is 2. The normalized spacial score (nSPS) is 11.9. The SMILES string of the molecule is COc1cccc(C(=O)c2oc3ccc(NC(=O)C(C)Oc4c(F)c(F)c(F)c(F)c4F)cc3c2C)c1. The number of furan rings is 1. The second kappa shape index (κ2) is 9.92. The first kappa shape index (κ1) is 25.7. The third-order valence-corrected chi connectivity index (χ3v) is 5.58. The van der Waals surface area contributed by atoms with Gasteiger partial charge >= 0.3 is 0 Å². The number of aryl methyl sites for hydroxylation is 1. The van der Waals surface area contributed by atoms with E-state index in [-0.39, 0.29) is 17.2 Å². The van der Waals surface area contributed by atoms with Crippen molar-refractivity contribution in [1.82, 2.24) is 0 Å². The maximum absolute atomic E-state index is 13.9. The number of halogens is 5. The molecule has 4 aromatic rings. The fourth-order valence-corrected chi connectivity index (χ4v) is 3.57. The molecule has 1 aromatic heterocycles. The van der Waals surface area contributed by atoms with E-state index in [0.717, 1.165) is 6.92 Å². The largest absolute Gasteiger partial charge is 0.497 e. The van der Waals surface area contributed by atoms with Crippen molar-refractivity contribution in [1.29, 1.82) is 0 Å². The second-order valence-electron chi connectivity index (χ2n) is 7.98. The van der Waals surface area contributed by atoms with Gasteiger partial charge in [-0.2, -0.15) is 8.78 Å². The van der Waals surface area contributed by atoms with E-state index >= 15 is 0 Å². The van der Waals surface area contributed by atoms with E-state index in [1.807, 2.05) is 0 Å². The molecule has 0 aliphatic heterocycles. The summed E-state index contributed by atoms with van der Waals surface area (Å²) >= 11 is 0. The Bertz CT molecular complexity index is 1520. The highest BCUT2D eigenvalue weighted by atomic mass is 19.2. The van der Waals surface area contributed by atoms with Crippen molar-refractivity contribution in [2.24, 2.45) is 0 Å². The van der Waals surface area contributed by atoms with Crippen molar-refractivity contribution >= 4 is 28.3 Å². The Kier molecular flexibility index (Phi) is 6.88. The molecule has 0 radical (unpaired) electrons. The van der Waals surface area contributed by atoms with Gasteiger partial charge in [0.1, 0.15) is 11.3 Å². The smallest absolute Gasteiger partial charge is 0.265 e. The van der Waals surface area contributed by atoms with Crippen LogP contribution >= 0.6 is 0 Å². The van der Waals surface area contributed by atoms with E-state index < -0.39 is 46.8 Å². The number of fused-ring (bicyclic) bond motifs is 1. The van der Waals surface area contributed by atoms with E-state index in [9.17, 15) is 31.5 Å². The lowest BCUT2D eigenvalue weighted by molar-refractivity contribution is -0.122. The van der Waals surface area contributed by atoms with Crippen LogP contribution in [-0.4, -0.2) is 24.9 Å². The maximum atomic E-state index is 13.9. The molecule has 0 aliphatic carbocycles. The van der Waals surface area contributed by atoms with Gasteiger partial charge in [-0.1, -0.05) is 12.1 Å². The molecule has 37 heavy (non-hydrogen) atoms. The standard InChI is InChI=1S/C26H18F5NO5/c1-11-16-10-14(7-8-17(16)37-24(11)23(33)13-5-4-6-15(9-13)35-3)32-26(34)12(2)36-25-21(30)19(28)18(27)20(29)22(25)31/h4-10,12H,1-3H3,(H,32,34). The highest BCUT2D eigenvalue weighted by Crippen LogP contribution is 2.32. The second-order valence-corrected chi connectivity index (χ2v) is 7.98. The fraction of sp³-hybridized carbons (Fsp3) is 0.154. The lowest BCUT2D eigenvalue weighted by Crippen LogP contribution is -2.31. The molecule has 1 heterocycles. The molecule has 1 amide bonds. The summed E-state index contributed by atoms with van der Waals surface area (Å²) in [7, 11) is 1.47. The third-order valence-electron chi connectivity index (χ3n) is 5.58. The average Bonchev–Trinajstić information content (AvgIpc) is 3.23. The van der Waals surface area contributed by atoms with Gasteiger partial charge in [0.2, 0.25) is 34.9 Å². The minimum Gasteiger partial charge on any atom is -0.497 e. The Morgan fingerprint density at radius 3 is 2.22 bits per heavy atom. The van der Waals surface area contributed by atoms with Crippen molar-refractivity contribution in [2.75, 3.05) is 12.4 Å². The van der Waals surface area contributed by atoms with Gasteiger partial charge in [0.15, 0.2) is 17.6 Å². The van der Waals surface area contributed by atoms with Crippen LogP contribution in [-0.2, 0) is 4.79 Å². The number of carbonyl (C=O) groups excluding carboxylic acids is 2. The molecule has 11 heteroatoms. The summed E-state index contributed by atoms with van der Waals surface area (Å²) in [4.78, 5) is 25.5. The molecule has 0 bridgehead atoms. The lowest BCUT2D eigenvalue weighted by Gasteiger charge is -2.16. The number of ether oxygens (including phenoxy) is 2. The van der Waals surface area contributed by atoms with Gasteiger partial charge in [-0.05, 0) is 44.2 Å². The van der Waals surface area contributed by atoms with Crippen molar-refractivity contribution in [2.45, 2.75) is 20.0 Å². The molecule has 1 atom stereocenters. The van der Waals surface area contributed by atoms with E-state index in [2.05, 4.69) is 5.32 Å². The van der Waals surface area contributed by atoms with Crippen LogP contribution in [0, 0.1) is 36.0 Å². The van der Waals surface area contributed by atoms with Crippen LogP contribution in [0.5, 0.6) is 11.5 Å². The Morgan fingerprint density at radius 1 is 0.919 bits per heavy atom. The topological polar surface area (TPSA) is 77.8 Å². The summed E-state index contributed by atoms with van der Waals surface area (Å²) in [5, 5.41) is 2.93. The van der Waals surface area contributed by atoms with Gasteiger partial charge in [0.25, 0.3) is 5.91 Å². The van der Waals surface area contributed by atoms with Crippen LogP contribution in [0.2, 0.25) is 0 Å². The number of amides is 1. The quantitative estimate of drug-likeness (QED) is 0.139. The molecule has 3 aromatic carbocycles. The number of hydrogen-bond acceptors (Lipinski definition) is 5. The molecule has 0 spiro atoms. The van der Waals surface area contributed by atoms with Crippen molar-refractivity contribution < 1.29 is 45.4 Å². The Hall–Kier alpha value is -4.41. The molecule has 0 saturated heterocycles. The maximum Gasteiger partial charge on any atom is 0.265 e. The predicted octanol–water partition coefficient (Wildman–Crippen LogP) is 6.08. The van der Waals surface area contributed by atoms with Gasteiger partial charge < -0.3 is 19.2 Å². The first-order chi connectivity index (χ1) is 17.5. The monoisotopic (exact) mass is 519 g/mol. The van der Waals surface area contributed by atoms with Crippen molar-refractivity contribution in [3.8, 4) is 11.5 Å². The van der Waals surface area contributed by atoms with Gasteiger partial charge in [0, 0.05) is 22.2 Å². The minimum absolute atomic E-state index is 0.0785. The number of rotatable bonds is 7. The van der Waals surface area contributed by atoms with Crippen LogP contribution < -0.4 is 14.8 Å². The molecule has 192 valence electrons. The van der Waals surface area contributed by atoms with E-state index in [0.29, 0.717) is 27.8 Å². The molecule has 0 fully saturated rings. The first-order valence-corrected chi connectivity index (χ1v) is 10.7. The Balaban J connectivity index is 1.56. The summed E-state index contributed by atoms with van der Waals surface area (Å²) in [5.74, 6) is -13.4. The van der Waals surface area contributed by atoms with Gasteiger partial charge in [-0.3, -0.25) is 9.59 Å². The first-order valence-electron chi connectivity index (χ1n) is 10.7. The lowest BCUT2D eigenvalue weighted by atomic mass is 10.0. The van der Waals surface area contributed by atoms with E-state index in [1.165, 1.54) is 25.3 Å². The van der Waals surface area contributed by atoms with Gasteiger partial charge in [-0.15, -0.1) is 0 Å². The Labute approximate surface area is 206 Å². The predicted molar refractivity (Wildman–Crippen MR) is 122 cm³/mol.